The van der Waals surface area contributed by atoms with Crippen molar-refractivity contribution in [2.75, 3.05) is 26.4 Å². The molecular weight excluding hydrogens is 374 g/mol. The van der Waals surface area contributed by atoms with E-state index in [0.717, 1.165) is 12.0 Å². The average molecular weight is 397 g/mol. The van der Waals surface area contributed by atoms with Crippen LogP contribution in [0.3, 0.4) is 0 Å². The summed E-state index contributed by atoms with van der Waals surface area (Å²) in [5.74, 6) is -0.0334. The molecule has 0 atom stereocenters. The van der Waals surface area contributed by atoms with Gasteiger partial charge in [-0.25, -0.2) is 0 Å². The minimum atomic E-state index is -0.558. The second-order valence-electron chi connectivity index (χ2n) is 6.62. The highest BCUT2D eigenvalue weighted by Gasteiger charge is 2.16. The van der Waals surface area contributed by atoms with Crippen molar-refractivity contribution in [1.82, 2.24) is 5.32 Å². The van der Waals surface area contributed by atoms with Crippen molar-refractivity contribution in [2.45, 2.75) is 19.8 Å². The van der Waals surface area contributed by atoms with Gasteiger partial charge in [0.05, 0.1) is 19.6 Å². The Kier molecular flexibility index (Phi) is 6.84. The molecule has 1 N–H and O–H groups in total. The van der Waals surface area contributed by atoms with E-state index in [1.165, 1.54) is 0 Å². The van der Waals surface area contributed by atoms with Gasteiger partial charge < -0.3 is 19.5 Å². The van der Waals surface area contributed by atoms with Gasteiger partial charge >= 0.3 is 5.97 Å². The number of carbonyl (C=O) groups excluding carboxylic acids is 3. The number of amides is 1. The first-order chi connectivity index (χ1) is 14.0. The number of ether oxygens (including phenoxy) is 3. The number of nitrogens with one attached hydrogen (secondary N) is 1. The van der Waals surface area contributed by atoms with Crippen molar-refractivity contribution in [1.29, 1.82) is 0 Å². The summed E-state index contributed by atoms with van der Waals surface area (Å²) in [6, 6.07) is 12.1. The van der Waals surface area contributed by atoms with E-state index in [4.69, 9.17) is 14.2 Å². The number of Topliss-reactive ketones (excluding diaryl/α,β-unsaturated/α-hetero) is 1. The van der Waals surface area contributed by atoms with Crippen LogP contribution in [0.25, 0.3) is 0 Å². The van der Waals surface area contributed by atoms with Gasteiger partial charge in [-0.15, -0.1) is 0 Å². The topological polar surface area (TPSA) is 90.9 Å². The van der Waals surface area contributed by atoms with Crippen molar-refractivity contribution in [3.63, 3.8) is 0 Å². The fourth-order valence-corrected chi connectivity index (χ4v) is 2.84. The summed E-state index contributed by atoms with van der Waals surface area (Å²) in [7, 11) is 0. The Balaban J connectivity index is 1.43. The summed E-state index contributed by atoms with van der Waals surface area (Å²) in [6.45, 7) is 2.69. The molecule has 1 heterocycles. The second-order valence-corrected chi connectivity index (χ2v) is 6.62. The van der Waals surface area contributed by atoms with Gasteiger partial charge in [-0.05, 0) is 36.8 Å². The van der Waals surface area contributed by atoms with Crippen molar-refractivity contribution >= 4 is 17.7 Å². The molecule has 7 nitrogen and oxygen atoms in total. The summed E-state index contributed by atoms with van der Waals surface area (Å²) in [4.78, 5) is 36.3. The first-order valence-electron chi connectivity index (χ1n) is 9.47. The predicted molar refractivity (Wildman–Crippen MR) is 105 cm³/mol. The number of aryl methyl sites for hydroxylation is 1. The van der Waals surface area contributed by atoms with Crippen molar-refractivity contribution in [2.24, 2.45) is 0 Å². The fourth-order valence-electron chi connectivity index (χ4n) is 2.84. The Hall–Kier alpha value is -3.35. The number of ketones is 1. The Bertz CT molecular complexity index is 908. The summed E-state index contributed by atoms with van der Waals surface area (Å²) in [5, 5.41) is 2.67. The van der Waals surface area contributed by atoms with Gasteiger partial charge in [0, 0.05) is 24.1 Å². The first kappa shape index (κ1) is 20.4. The Labute approximate surface area is 169 Å². The van der Waals surface area contributed by atoms with Crippen LogP contribution in [0.1, 0.15) is 39.1 Å². The third-order valence-electron chi connectivity index (χ3n) is 4.44. The minimum absolute atomic E-state index is 0.0218. The van der Waals surface area contributed by atoms with Gasteiger partial charge in [-0.1, -0.05) is 18.2 Å². The molecule has 0 aliphatic carbocycles. The molecule has 29 heavy (non-hydrogen) atoms. The van der Waals surface area contributed by atoms with E-state index in [-0.39, 0.29) is 31.3 Å². The molecule has 152 valence electrons. The highest BCUT2D eigenvalue weighted by Crippen LogP contribution is 2.30. The van der Waals surface area contributed by atoms with Crippen LogP contribution in [-0.2, 0) is 9.53 Å². The van der Waals surface area contributed by atoms with Gasteiger partial charge in [-0.2, -0.15) is 0 Å². The van der Waals surface area contributed by atoms with Crippen LogP contribution in [-0.4, -0.2) is 44.0 Å². The average Bonchev–Trinajstić information content (AvgIpc) is 2.97. The zero-order chi connectivity index (χ0) is 20.6. The van der Waals surface area contributed by atoms with E-state index in [2.05, 4.69) is 5.32 Å². The van der Waals surface area contributed by atoms with Crippen LogP contribution >= 0.6 is 0 Å². The van der Waals surface area contributed by atoms with Crippen LogP contribution in [0.4, 0.5) is 0 Å². The van der Waals surface area contributed by atoms with Gasteiger partial charge in [0.15, 0.2) is 23.9 Å². The minimum Gasteiger partial charge on any atom is -0.490 e. The van der Waals surface area contributed by atoms with E-state index in [1.807, 2.05) is 19.1 Å². The van der Waals surface area contributed by atoms with E-state index >= 15 is 0 Å². The highest BCUT2D eigenvalue weighted by atomic mass is 16.5. The maximum absolute atomic E-state index is 12.3. The molecule has 0 unspecified atom stereocenters. The van der Waals surface area contributed by atoms with Crippen LogP contribution < -0.4 is 14.8 Å². The van der Waals surface area contributed by atoms with Crippen LogP contribution in [0, 0.1) is 6.92 Å². The standard InChI is InChI=1S/C22H23NO6/c1-15-5-2-3-6-17(15)22(26)23-10-9-21(25)29-14-18(24)16-7-8-19-20(13-16)28-12-4-11-27-19/h2-3,5-8,13H,4,9-12,14H2,1H3,(H,23,26). The molecule has 0 radical (unpaired) electrons. The lowest BCUT2D eigenvalue weighted by molar-refractivity contribution is -0.142. The molecular formula is C22H23NO6. The fraction of sp³-hybridized carbons (Fsp3) is 0.318. The third kappa shape index (κ3) is 5.57. The normalized spacial score (nSPS) is 12.6. The van der Waals surface area contributed by atoms with Crippen molar-refractivity contribution in [3.8, 4) is 11.5 Å². The molecule has 7 heteroatoms. The Morgan fingerprint density at radius 1 is 1.03 bits per heavy atom. The number of esters is 1. The molecule has 0 saturated heterocycles. The lowest BCUT2D eigenvalue weighted by atomic mass is 10.1. The summed E-state index contributed by atoms with van der Waals surface area (Å²) < 4.78 is 16.1. The predicted octanol–water partition coefficient (Wildman–Crippen LogP) is 2.70. The molecule has 2 aromatic rings. The monoisotopic (exact) mass is 397 g/mol. The van der Waals surface area contributed by atoms with Gasteiger partial charge in [0.25, 0.3) is 5.91 Å². The van der Waals surface area contributed by atoms with Gasteiger partial charge in [-0.3, -0.25) is 14.4 Å². The van der Waals surface area contributed by atoms with E-state index in [1.54, 1.807) is 30.3 Å². The van der Waals surface area contributed by atoms with E-state index in [9.17, 15) is 14.4 Å². The zero-order valence-electron chi connectivity index (χ0n) is 16.2. The number of hydrogen-bond donors (Lipinski definition) is 1. The molecule has 3 rings (SSSR count). The molecule has 1 aliphatic heterocycles. The lowest BCUT2D eigenvalue weighted by Gasteiger charge is -2.10. The maximum Gasteiger partial charge on any atom is 0.308 e. The smallest absolute Gasteiger partial charge is 0.308 e. The quantitative estimate of drug-likeness (QED) is 0.571. The molecule has 1 aliphatic rings. The van der Waals surface area contributed by atoms with E-state index < -0.39 is 5.97 Å². The number of fused-ring (bicyclic) bond motifs is 1. The van der Waals surface area contributed by atoms with Crippen LogP contribution in [0.5, 0.6) is 11.5 Å². The third-order valence-corrected chi connectivity index (χ3v) is 4.44. The number of benzene rings is 2. The molecule has 0 fully saturated rings. The highest BCUT2D eigenvalue weighted by molar-refractivity contribution is 5.98. The van der Waals surface area contributed by atoms with Crippen molar-refractivity contribution in [3.05, 3.63) is 59.2 Å². The van der Waals surface area contributed by atoms with E-state index in [0.29, 0.717) is 35.8 Å². The molecule has 0 spiro atoms. The second kappa shape index (κ2) is 9.73. The SMILES string of the molecule is Cc1ccccc1C(=O)NCCC(=O)OCC(=O)c1ccc2c(c1)OCCCO2. The Morgan fingerprint density at radius 3 is 2.59 bits per heavy atom. The summed E-state index contributed by atoms with van der Waals surface area (Å²) >= 11 is 0. The largest absolute Gasteiger partial charge is 0.490 e. The first-order valence-corrected chi connectivity index (χ1v) is 9.47. The molecule has 0 bridgehead atoms. The van der Waals surface area contributed by atoms with Crippen LogP contribution in [0.2, 0.25) is 0 Å². The molecule has 0 saturated carbocycles. The van der Waals surface area contributed by atoms with Crippen molar-refractivity contribution < 1.29 is 28.6 Å². The lowest BCUT2D eigenvalue weighted by Crippen LogP contribution is -2.27. The van der Waals surface area contributed by atoms with Crippen LogP contribution in [0.15, 0.2) is 42.5 Å². The molecule has 0 aromatic heterocycles. The van der Waals surface area contributed by atoms with Gasteiger partial charge in [0.2, 0.25) is 0 Å². The molecule has 2 aromatic carbocycles. The maximum atomic E-state index is 12.3. The van der Waals surface area contributed by atoms with Gasteiger partial charge in [0.1, 0.15) is 0 Å². The molecule has 1 amide bonds. The summed E-state index contributed by atoms with van der Waals surface area (Å²) in [6.07, 6.45) is 0.752. The number of rotatable bonds is 7. The Morgan fingerprint density at radius 2 is 1.79 bits per heavy atom. The number of hydrogen-bond acceptors (Lipinski definition) is 6. The summed E-state index contributed by atoms with van der Waals surface area (Å²) in [5.41, 5.74) is 1.80. The zero-order valence-corrected chi connectivity index (χ0v) is 16.2. The number of carbonyl (C=O) groups is 3.